The Labute approximate surface area is 110 Å². The molecule has 2 rings (SSSR count). The summed E-state index contributed by atoms with van der Waals surface area (Å²) in [4.78, 5) is 0. The Morgan fingerprint density at radius 3 is 2.72 bits per heavy atom. The molecule has 0 radical (unpaired) electrons. The highest BCUT2D eigenvalue weighted by Gasteiger charge is 2.20. The molecular formula is C14H15NO2S. The molecule has 1 aromatic heterocycles. The van der Waals surface area contributed by atoms with Crippen LogP contribution in [0.25, 0.3) is 10.1 Å². The summed E-state index contributed by atoms with van der Waals surface area (Å²) < 4.78 is 6.75. The topological polar surface area (TPSA) is 53.2 Å². The molecule has 0 bridgehead atoms. The molecule has 2 aromatic rings. The highest BCUT2D eigenvalue weighted by molar-refractivity contribution is 7.17. The molecule has 0 aliphatic carbocycles. The molecule has 1 N–H and O–H groups in total. The normalized spacial score (nSPS) is 16.1. The van der Waals surface area contributed by atoms with Gasteiger partial charge in [0.25, 0.3) is 0 Å². The van der Waals surface area contributed by atoms with Crippen molar-refractivity contribution < 1.29 is 9.84 Å². The number of thiophene rings is 1. The average molecular weight is 261 g/mol. The van der Waals surface area contributed by atoms with E-state index in [0.29, 0.717) is 0 Å². The second-order valence-corrected chi connectivity index (χ2v) is 5.19. The van der Waals surface area contributed by atoms with Gasteiger partial charge in [0.05, 0.1) is 18.3 Å². The van der Waals surface area contributed by atoms with Crippen molar-refractivity contribution in [3.8, 4) is 6.07 Å². The number of aliphatic hydroxyl groups is 1. The molecule has 3 unspecified atom stereocenters. The van der Waals surface area contributed by atoms with Crippen LogP contribution in [-0.4, -0.2) is 17.3 Å². The second kappa shape index (κ2) is 5.49. The van der Waals surface area contributed by atoms with Crippen molar-refractivity contribution in [2.45, 2.75) is 32.2 Å². The Hall–Kier alpha value is -1.41. The van der Waals surface area contributed by atoms with Crippen LogP contribution >= 0.6 is 11.3 Å². The lowest BCUT2D eigenvalue weighted by Crippen LogP contribution is -2.24. The van der Waals surface area contributed by atoms with E-state index < -0.39 is 12.2 Å². The fourth-order valence-corrected chi connectivity index (χ4v) is 2.68. The molecule has 94 valence electrons. The van der Waals surface area contributed by atoms with E-state index in [1.54, 1.807) is 25.2 Å². The lowest BCUT2D eigenvalue weighted by molar-refractivity contribution is -0.0420. The number of rotatable bonds is 4. The molecule has 0 spiro atoms. The number of nitriles is 1. The molecule has 0 aliphatic rings. The zero-order valence-corrected chi connectivity index (χ0v) is 11.1. The van der Waals surface area contributed by atoms with Gasteiger partial charge in [-0.3, -0.25) is 0 Å². The number of hydrogen-bond donors (Lipinski definition) is 1. The van der Waals surface area contributed by atoms with Crippen LogP contribution in [0.2, 0.25) is 0 Å². The maximum absolute atomic E-state index is 9.44. The largest absolute Gasteiger partial charge is 0.391 e. The molecule has 0 fully saturated rings. The number of hydrogen-bond acceptors (Lipinski definition) is 4. The van der Waals surface area contributed by atoms with E-state index in [1.165, 1.54) is 0 Å². The van der Waals surface area contributed by atoms with Gasteiger partial charge in [0.15, 0.2) is 6.10 Å². The van der Waals surface area contributed by atoms with Gasteiger partial charge in [-0.2, -0.15) is 5.26 Å². The van der Waals surface area contributed by atoms with Crippen LogP contribution in [0.4, 0.5) is 0 Å². The third-order valence-corrected chi connectivity index (χ3v) is 3.92. The minimum atomic E-state index is -0.634. The summed E-state index contributed by atoms with van der Waals surface area (Å²) >= 11 is 1.60. The van der Waals surface area contributed by atoms with E-state index in [4.69, 9.17) is 4.74 Å². The van der Waals surface area contributed by atoms with Gasteiger partial charge in [-0.05, 0) is 30.7 Å². The third-order valence-electron chi connectivity index (χ3n) is 2.94. The highest BCUT2D eigenvalue weighted by atomic mass is 32.1. The molecular weight excluding hydrogens is 246 g/mol. The zero-order chi connectivity index (χ0) is 13.1. The Morgan fingerprint density at radius 1 is 1.33 bits per heavy atom. The quantitative estimate of drug-likeness (QED) is 0.919. The van der Waals surface area contributed by atoms with E-state index in [2.05, 4.69) is 6.07 Å². The minimum absolute atomic E-state index is 0.367. The third kappa shape index (κ3) is 2.54. The van der Waals surface area contributed by atoms with Gasteiger partial charge in [-0.1, -0.05) is 18.2 Å². The van der Waals surface area contributed by atoms with Crippen molar-refractivity contribution in [1.82, 2.24) is 0 Å². The van der Waals surface area contributed by atoms with Crippen molar-refractivity contribution in [2.75, 3.05) is 0 Å². The summed E-state index contributed by atoms with van der Waals surface area (Å²) in [7, 11) is 0. The Kier molecular flexibility index (Phi) is 3.97. The average Bonchev–Trinajstić information content (AvgIpc) is 2.79. The van der Waals surface area contributed by atoms with Crippen molar-refractivity contribution in [2.24, 2.45) is 0 Å². The summed E-state index contributed by atoms with van der Waals surface area (Å²) in [5.74, 6) is 0. The van der Waals surface area contributed by atoms with Gasteiger partial charge in [-0.25, -0.2) is 0 Å². The molecule has 3 nitrogen and oxygen atoms in total. The van der Waals surface area contributed by atoms with Gasteiger partial charge in [0.1, 0.15) is 0 Å². The van der Waals surface area contributed by atoms with Crippen LogP contribution in [0.1, 0.15) is 25.5 Å². The van der Waals surface area contributed by atoms with Crippen LogP contribution in [0.15, 0.2) is 29.6 Å². The van der Waals surface area contributed by atoms with Gasteiger partial charge >= 0.3 is 0 Å². The Balaban J connectivity index is 2.31. The van der Waals surface area contributed by atoms with E-state index in [1.807, 2.05) is 29.6 Å². The van der Waals surface area contributed by atoms with Gasteiger partial charge in [-0.15, -0.1) is 11.3 Å². The first-order chi connectivity index (χ1) is 8.63. The summed E-state index contributed by atoms with van der Waals surface area (Å²) in [6.45, 7) is 3.42. The number of ether oxygens (including phenoxy) is 1. The van der Waals surface area contributed by atoms with Crippen LogP contribution in [0.3, 0.4) is 0 Å². The Bertz CT molecular complexity index is 570. The molecule has 0 aliphatic heterocycles. The minimum Gasteiger partial charge on any atom is -0.391 e. The van der Waals surface area contributed by atoms with E-state index in [0.717, 1.165) is 15.6 Å². The van der Waals surface area contributed by atoms with Crippen LogP contribution in [0, 0.1) is 11.3 Å². The molecule has 1 heterocycles. The maximum atomic E-state index is 9.44. The number of fused-ring (bicyclic) bond motifs is 1. The van der Waals surface area contributed by atoms with Crippen molar-refractivity contribution in [3.05, 3.63) is 35.2 Å². The maximum Gasteiger partial charge on any atom is 0.170 e. The molecule has 0 amide bonds. The van der Waals surface area contributed by atoms with Crippen LogP contribution in [0.5, 0.6) is 0 Å². The SMILES string of the molecule is CC(O)C(C)OC(C#N)c1csc2ccccc12. The van der Waals surface area contributed by atoms with Crippen LogP contribution in [-0.2, 0) is 4.74 Å². The first kappa shape index (κ1) is 13.0. The second-order valence-electron chi connectivity index (χ2n) is 4.28. The van der Waals surface area contributed by atoms with Gasteiger partial charge < -0.3 is 9.84 Å². The van der Waals surface area contributed by atoms with Gasteiger partial charge in [0.2, 0.25) is 0 Å². The number of benzene rings is 1. The highest BCUT2D eigenvalue weighted by Crippen LogP contribution is 2.32. The molecule has 0 saturated heterocycles. The van der Waals surface area contributed by atoms with Gasteiger partial charge in [0, 0.05) is 10.3 Å². The van der Waals surface area contributed by atoms with Crippen molar-refractivity contribution in [1.29, 1.82) is 5.26 Å². The fraction of sp³-hybridized carbons (Fsp3) is 0.357. The molecule has 3 atom stereocenters. The standard InChI is InChI=1S/C14H15NO2S/c1-9(16)10(2)17-13(7-15)12-8-18-14-6-4-3-5-11(12)14/h3-6,8-10,13,16H,1-2H3. The van der Waals surface area contributed by atoms with Crippen molar-refractivity contribution >= 4 is 21.4 Å². The first-order valence-electron chi connectivity index (χ1n) is 5.82. The molecule has 18 heavy (non-hydrogen) atoms. The predicted molar refractivity (Wildman–Crippen MR) is 72.4 cm³/mol. The predicted octanol–water partition coefficient (Wildman–Crippen LogP) is 3.25. The smallest absolute Gasteiger partial charge is 0.170 e. The fourth-order valence-electron chi connectivity index (χ4n) is 1.70. The van der Waals surface area contributed by atoms with E-state index >= 15 is 0 Å². The molecule has 4 heteroatoms. The lowest BCUT2D eigenvalue weighted by atomic mass is 10.1. The number of nitrogens with zero attached hydrogens (tertiary/aromatic N) is 1. The number of aliphatic hydroxyl groups excluding tert-OH is 1. The van der Waals surface area contributed by atoms with Crippen molar-refractivity contribution in [3.63, 3.8) is 0 Å². The monoisotopic (exact) mass is 261 g/mol. The zero-order valence-electron chi connectivity index (χ0n) is 10.3. The summed E-state index contributed by atoms with van der Waals surface area (Å²) in [6.07, 6.45) is -1.59. The van der Waals surface area contributed by atoms with E-state index in [9.17, 15) is 10.4 Å². The summed E-state index contributed by atoms with van der Waals surface area (Å²) in [5, 5.41) is 21.7. The summed E-state index contributed by atoms with van der Waals surface area (Å²) in [5.41, 5.74) is 0.880. The van der Waals surface area contributed by atoms with E-state index in [-0.39, 0.29) is 6.10 Å². The Morgan fingerprint density at radius 2 is 2.06 bits per heavy atom. The lowest BCUT2D eigenvalue weighted by Gasteiger charge is -2.19. The van der Waals surface area contributed by atoms with Crippen LogP contribution < -0.4 is 0 Å². The summed E-state index contributed by atoms with van der Waals surface area (Å²) in [6, 6.07) is 10.1. The first-order valence-corrected chi connectivity index (χ1v) is 6.70. The molecule has 1 aromatic carbocycles. The molecule has 0 saturated carbocycles.